The summed E-state index contributed by atoms with van der Waals surface area (Å²) in [5.41, 5.74) is 1.21. The summed E-state index contributed by atoms with van der Waals surface area (Å²) >= 11 is 0. The molecule has 0 spiro atoms. The third kappa shape index (κ3) is 1.65. The SMILES string of the molecule is c1ccc(C2CCCOO2)cc1. The molecule has 1 aromatic carbocycles. The maximum absolute atomic E-state index is 5.16. The lowest BCUT2D eigenvalue weighted by Gasteiger charge is -2.21. The Bertz CT molecular complexity index is 227. The molecule has 0 bridgehead atoms. The van der Waals surface area contributed by atoms with Gasteiger partial charge in [0.25, 0.3) is 0 Å². The molecule has 2 rings (SSSR count). The zero-order chi connectivity index (χ0) is 8.23. The van der Waals surface area contributed by atoms with E-state index in [9.17, 15) is 0 Å². The zero-order valence-corrected chi connectivity index (χ0v) is 6.90. The van der Waals surface area contributed by atoms with Crippen molar-refractivity contribution in [2.24, 2.45) is 0 Å². The van der Waals surface area contributed by atoms with Crippen LogP contribution in [0, 0.1) is 0 Å². The first-order chi connectivity index (χ1) is 5.97. The number of rotatable bonds is 1. The molecule has 1 fully saturated rings. The molecule has 1 atom stereocenters. The Balaban J connectivity index is 2.08. The highest BCUT2D eigenvalue weighted by Gasteiger charge is 2.16. The molecule has 0 amide bonds. The summed E-state index contributed by atoms with van der Waals surface area (Å²) in [6.45, 7) is 0.726. The lowest BCUT2D eigenvalue weighted by molar-refractivity contribution is -0.348. The normalized spacial score (nSPS) is 23.8. The second-order valence-electron chi connectivity index (χ2n) is 2.96. The molecule has 12 heavy (non-hydrogen) atoms. The minimum atomic E-state index is 0.139. The molecule has 0 saturated carbocycles. The van der Waals surface area contributed by atoms with Crippen LogP contribution in [-0.2, 0) is 9.78 Å². The van der Waals surface area contributed by atoms with Gasteiger partial charge in [-0.2, -0.15) is 0 Å². The first-order valence-electron chi connectivity index (χ1n) is 4.30. The van der Waals surface area contributed by atoms with Crippen LogP contribution in [0.3, 0.4) is 0 Å². The Morgan fingerprint density at radius 1 is 1.17 bits per heavy atom. The van der Waals surface area contributed by atoms with E-state index < -0.39 is 0 Å². The molecule has 0 N–H and O–H groups in total. The summed E-state index contributed by atoms with van der Waals surface area (Å²) < 4.78 is 0. The minimum Gasteiger partial charge on any atom is -0.236 e. The quantitative estimate of drug-likeness (QED) is 0.593. The maximum Gasteiger partial charge on any atom is 0.118 e. The van der Waals surface area contributed by atoms with Gasteiger partial charge in [0.1, 0.15) is 6.10 Å². The van der Waals surface area contributed by atoms with E-state index in [0.717, 1.165) is 19.4 Å². The first kappa shape index (κ1) is 7.77. The van der Waals surface area contributed by atoms with Gasteiger partial charge in [-0.05, 0) is 18.4 Å². The fraction of sp³-hybridized carbons (Fsp3) is 0.400. The molecule has 0 aliphatic carbocycles. The van der Waals surface area contributed by atoms with Crippen LogP contribution in [0.2, 0.25) is 0 Å². The van der Waals surface area contributed by atoms with E-state index in [4.69, 9.17) is 9.78 Å². The van der Waals surface area contributed by atoms with E-state index in [1.54, 1.807) is 0 Å². The van der Waals surface area contributed by atoms with E-state index in [2.05, 4.69) is 12.1 Å². The van der Waals surface area contributed by atoms with Crippen molar-refractivity contribution in [1.82, 2.24) is 0 Å². The van der Waals surface area contributed by atoms with Gasteiger partial charge < -0.3 is 0 Å². The van der Waals surface area contributed by atoms with Crippen molar-refractivity contribution in [2.45, 2.75) is 18.9 Å². The molecule has 64 valence electrons. The van der Waals surface area contributed by atoms with Crippen LogP contribution in [0.5, 0.6) is 0 Å². The molecule has 2 nitrogen and oxygen atoms in total. The van der Waals surface area contributed by atoms with Crippen LogP contribution in [0.25, 0.3) is 0 Å². The summed E-state index contributed by atoms with van der Waals surface area (Å²) in [5.74, 6) is 0. The van der Waals surface area contributed by atoms with Crippen molar-refractivity contribution in [1.29, 1.82) is 0 Å². The summed E-state index contributed by atoms with van der Waals surface area (Å²) in [7, 11) is 0. The molecule has 0 radical (unpaired) electrons. The molecule has 1 heterocycles. The summed E-state index contributed by atoms with van der Waals surface area (Å²) in [6.07, 6.45) is 2.28. The number of hydrogen-bond donors (Lipinski definition) is 0. The summed E-state index contributed by atoms with van der Waals surface area (Å²) in [4.78, 5) is 10.1. The second kappa shape index (κ2) is 3.70. The third-order valence-corrected chi connectivity index (χ3v) is 2.05. The van der Waals surface area contributed by atoms with Crippen molar-refractivity contribution in [3.8, 4) is 0 Å². The topological polar surface area (TPSA) is 18.5 Å². The van der Waals surface area contributed by atoms with Gasteiger partial charge >= 0.3 is 0 Å². The third-order valence-electron chi connectivity index (χ3n) is 2.05. The van der Waals surface area contributed by atoms with Crippen LogP contribution >= 0.6 is 0 Å². The van der Waals surface area contributed by atoms with Gasteiger partial charge in [0.15, 0.2) is 0 Å². The Morgan fingerprint density at radius 2 is 2.00 bits per heavy atom. The zero-order valence-electron chi connectivity index (χ0n) is 6.90. The molecule has 1 aromatic rings. The molecular formula is C10H12O2. The van der Waals surface area contributed by atoms with Gasteiger partial charge in [-0.1, -0.05) is 30.3 Å². The summed E-state index contributed by atoms with van der Waals surface area (Å²) in [6, 6.07) is 10.2. The highest BCUT2D eigenvalue weighted by molar-refractivity contribution is 5.17. The Kier molecular flexibility index (Phi) is 2.39. The average molecular weight is 164 g/mol. The van der Waals surface area contributed by atoms with Crippen molar-refractivity contribution in [3.05, 3.63) is 35.9 Å². The van der Waals surface area contributed by atoms with Crippen LogP contribution in [0.1, 0.15) is 24.5 Å². The lowest BCUT2D eigenvalue weighted by atomic mass is 10.1. The van der Waals surface area contributed by atoms with Crippen molar-refractivity contribution < 1.29 is 9.78 Å². The molecule has 2 heteroatoms. The second-order valence-corrected chi connectivity index (χ2v) is 2.96. The van der Waals surface area contributed by atoms with Crippen LogP contribution in [-0.4, -0.2) is 6.61 Å². The first-order valence-corrected chi connectivity index (χ1v) is 4.30. The molecule has 1 unspecified atom stereocenters. The lowest BCUT2D eigenvalue weighted by Crippen LogP contribution is -2.12. The fourth-order valence-corrected chi connectivity index (χ4v) is 1.40. The van der Waals surface area contributed by atoms with Gasteiger partial charge in [0.2, 0.25) is 0 Å². The van der Waals surface area contributed by atoms with Crippen LogP contribution < -0.4 is 0 Å². The van der Waals surface area contributed by atoms with Gasteiger partial charge in [-0.3, -0.25) is 0 Å². The predicted octanol–water partition coefficient (Wildman–Crippen LogP) is 2.47. The molecular weight excluding hydrogens is 152 g/mol. The predicted molar refractivity (Wildman–Crippen MR) is 45.5 cm³/mol. The minimum absolute atomic E-state index is 0.139. The van der Waals surface area contributed by atoms with Crippen LogP contribution in [0.15, 0.2) is 30.3 Å². The number of hydrogen-bond acceptors (Lipinski definition) is 2. The highest BCUT2D eigenvalue weighted by atomic mass is 17.2. The Hall–Kier alpha value is -0.860. The Labute approximate surface area is 72.0 Å². The average Bonchev–Trinajstić information content (AvgIpc) is 2.21. The molecule has 0 aromatic heterocycles. The Morgan fingerprint density at radius 3 is 2.67 bits per heavy atom. The molecule has 1 aliphatic heterocycles. The van der Waals surface area contributed by atoms with Gasteiger partial charge in [-0.25, -0.2) is 9.78 Å². The van der Waals surface area contributed by atoms with E-state index in [1.165, 1.54) is 5.56 Å². The number of benzene rings is 1. The summed E-state index contributed by atoms with van der Waals surface area (Å²) in [5, 5.41) is 0. The highest BCUT2D eigenvalue weighted by Crippen LogP contribution is 2.25. The van der Waals surface area contributed by atoms with E-state index in [-0.39, 0.29) is 6.10 Å². The molecule has 1 aliphatic rings. The largest absolute Gasteiger partial charge is 0.236 e. The van der Waals surface area contributed by atoms with E-state index in [0.29, 0.717) is 0 Å². The van der Waals surface area contributed by atoms with E-state index in [1.807, 2.05) is 18.2 Å². The van der Waals surface area contributed by atoms with Gasteiger partial charge in [0, 0.05) is 0 Å². The van der Waals surface area contributed by atoms with E-state index >= 15 is 0 Å². The molecule has 1 saturated heterocycles. The van der Waals surface area contributed by atoms with Gasteiger partial charge in [0.05, 0.1) is 6.61 Å². The van der Waals surface area contributed by atoms with Gasteiger partial charge in [-0.15, -0.1) is 0 Å². The van der Waals surface area contributed by atoms with Crippen molar-refractivity contribution >= 4 is 0 Å². The monoisotopic (exact) mass is 164 g/mol. The van der Waals surface area contributed by atoms with Crippen molar-refractivity contribution in [3.63, 3.8) is 0 Å². The maximum atomic E-state index is 5.16. The standard InChI is InChI=1S/C10H12O2/c1-2-5-9(6-3-1)10-7-4-8-11-12-10/h1-3,5-6,10H,4,7-8H2. The fourth-order valence-electron chi connectivity index (χ4n) is 1.40. The van der Waals surface area contributed by atoms with Crippen molar-refractivity contribution in [2.75, 3.05) is 6.61 Å². The van der Waals surface area contributed by atoms with Crippen LogP contribution in [0.4, 0.5) is 0 Å². The smallest absolute Gasteiger partial charge is 0.118 e.